The first-order chi connectivity index (χ1) is 6.70. The van der Waals surface area contributed by atoms with E-state index in [0.29, 0.717) is 6.04 Å². The molecule has 14 heavy (non-hydrogen) atoms. The maximum atomic E-state index is 2.45. The molecule has 0 saturated heterocycles. The van der Waals surface area contributed by atoms with Crippen molar-refractivity contribution in [1.29, 1.82) is 0 Å². The van der Waals surface area contributed by atoms with Crippen LogP contribution < -0.4 is 4.90 Å². The van der Waals surface area contributed by atoms with Crippen molar-refractivity contribution in [3.8, 4) is 0 Å². The van der Waals surface area contributed by atoms with Gasteiger partial charge in [0.1, 0.15) is 0 Å². The van der Waals surface area contributed by atoms with Crippen LogP contribution >= 0.6 is 0 Å². The summed E-state index contributed by atoms with van der Waals surface area (Å²) in [5, 5.41) is 0. The summed E-state index contributed by atoms with van der Waals surface area (Å²) in [6.45, 7) is 4.63. The molecule has 1 heteroatoms. The number of benzene rings is 1. The lowest BCUT2D eigenvalue weighted by Gasteiger charge is -2.38. The van der Waals surface area contributed by atoms with Crippen molar-refractivity contribution < 1.29 is 0 Å². The van der Waals surface area contributed by atoms with Gasteiger partial charge in [0.05, 0.1) is 0 Å². The summed E-state index contributed by atoms with van der Waals surface area (Å²) in [6, 6.07) is 9.48. The molecule has 0 spiro atoms. The van der Waals surface area contributed by atoms with E-state index in [1.807, 2.05) is 0 Å². The average Bonchev–Trinajstić information content (AvgIpc) is 2.18. The minimum Gasteiger partial charge on any atom is -0.371 e. The van der Waals surface area contributed by atoms with Crippen molar-refractivity contribution >= 4 is 5.69 Å². The third kappa shape index (κ3) is 1.52. The fourth-order valence-corrected chi connectivity index (χ4v) is 2.52. The lowest BCUT2D eigenvalue weighted by molar-refractivity contribution is 0.432. The van der Waals surface area contributed by atoms with E-state index in [1.165, 1.54) is 24.1 Å². The number of anilines is 1. The molecule has 76 valence electrons. The molecule has 0 fully saturated rings. The Balaban J connectivity index is 2.31. The Labute approximate surface area is 86.7 Å². The van der Waals surface area contributed by atoms with Crippen LogP contribution in [0.15, 0.2) is 24.3 Å². The summed E-state index contributed by atoms with van der Waals surface area (Å²) in [6.07, 6.45) is 2.54. The van der Waals surface area contributed by atoms with Gasteiger partial charge in [-0.25, -0.2) is 0 Å². The van der Waals surface area contributed by atoms with Gasteiger partial charge in [-0.15, -0.1) is 0 Å². The van der Waals surface area contributed by atoms with Crippen molar-refractivity contribution in [1.82, 2.24) is 0 Å². The molecule has 1 aromatic carbocycles. The highest BCUT2D eigenvalue weighted by molar-refractivity contribution is 5.55. The third-order valence-electron chi connectivity index (χ3n) is 3.35. The first-order valence-corrected chi connectivity index (χ1v) is 5.51. The van der Waals surface area contributed by atoms with E-state index < -0.39 is 0 Å². The Morgan fingerprint density at radius 3 is 2.71 bits per heavy atom. The molecule has 1 atom stereocenters. The molecule has 1 aliphatic heterocycles. The summed E-state index contributed by atoms with van der Waals surface area (Å²) < 4.78 is 0. The van der Waals surface area contributed by atoms with Gasteiger partial charge >= 0.3 is 0 Å². The van der Waals surface area contributed by atoms with Crippen LogP contribution in [0.4, 0.5) is 5.69 Å². The summed E-state index contributed by atoms with van der Waals surface area (Å²) in [5.41, 5.74) is 2.93. The first-order valence-electron chi connectivity index (χ1n) is 5.51. The SMILES string of the molecule is CC(C)C1CCc2ccccc2N1C. The lowest BCUT2D eigenvalue weighted by Crippen LogP contribution is -2.39. The maximum absolute atomic E-state index is 2.45. The molecule has 0 radical (unpaired) electrons. The number of para-hydroxylation sites is 1. The van der Waals surface area contributed by atoms with Gasteiger partial charge in [-0.3, -0.25) is 0 Å². The van der Waals surface area contributed by atoms with Gasteiger partial charge in [0.15, 0.2) is 0 Å². The molecular weight excluding hydrogens is 170 g/mol. The van der Waals surface area contributed by atoms with E-state index in [1.54, 1.807) is 0 Å². The zero-order valence-corrected chi connectivity index (χ0v) is 9.33. The number of fused-ring (bicyclic) bond motifs is 1. The van der Waals surface area contributed by atoms with Crippen LogP contribution in [-0.4, -0.2) is 13.1 Å². The van der Waals surface area contributed by atoms with Crippen molar-refractivity contribution in [2.24, 2.45) is 5.92 Å². The Kier molecular flexibility index (Phi) is 2.49. The molecule has 0 amide bonds. The normalized spacial score (nSPS) is 21.1. The summed E-state index contributed by atoms with van der Waals surface area (Å²) in [4.78, 5) is 2.45. The molecule has 0 N–H and O–H groups in total. The number of nitrogens with zero attached hydrogens (tertiary/aromatic N) is 1. The van der Waals surface area contributed by atoms with Crippen LogP contribution in [0.3, 0.4) is 0 Å². The molecule has 0 saturated carbocycles. The number of rotatable bonds is 1. The van der Waals surface area contributed by atoms with Gasteiger partial charge in [0.25, 0.3) is 0 Å². The fourth-order valence-electron chi connectivity index (χ4n) is 2.52. The predicted octanol–water partition coefficient (Wildman–Crippen LogP) is 3.09. The van der Waals surface area contributed by atoms with Gasteiger partial charge in [-0.05, 0) is 30.4 Å². The Morgan fingerprint density at radius 1 is 1.29 bits per heavy atom. The second-order valence-electron chi connectivity index (χ2n) is 4.59. The Morgan fingerprint density at radius 2 is 2.00 bits per heavy atom. The third-order valence-corrected chi connectivity index (χ3v) is 3.35. The van der Waals surface area contributed by atoms with Crippen LogP contribution in [0, 0.1) is 5.92 Å². The second-order valence-corrected chi connectivity index (χ2v) is 4.59. The summed E-state index contributed by atoms with van der Waals surface area (Å²) >= 11 is 0. The largest absolute Gasteiger partial charge is 0.371 e. The quantitative estimate of drug-likeness (QED) is 0.656. The summed E-state index contributed by atoms with van der Waals surface area (Å²) in [5.74, 6) is 0.744. The van der Waals surface area contributed by atoms with Crippen LogP contribution in [0.5, 0.6) is 0 Å². The van der Waals surface area contributed by atoms with E-state index in [2.05, 4.69) is 50.1 Å². The topological polar surface area (TPSA) is 3.24 Å². The fraction of sp³-hybridized carbons (Fsp3) is 0.538. The smallest absolute Gasteiger partial charge is 0.0398 e. The second kappa shape index (κ2) is 3.64. The number of hydrogen-bond donors (Lipinski definition) is 0. The molecular formula is C13H19N. The monoisotopic (exact) mass is 189 g/mol. The van der Waals surface area contributed by atoms with Crippen molar-refractivity contribution in [2.75, 3.05) is 11.9 Å². The van der Waals surface area contributed by atoms with E-state index in [9.17, 15) is 0 Å². The van der Waals surface area contributed by atoms with Crippen LogP contribution in [-0.2, 0) is 6.42 Å². The Bertz CT molecular complexity index is 317. The van der Waals surface area contributed by atoms with Crippen molar-refractivity contribution in [3.63, 3.8) is 0 Å². The van der Waals surface area contributed by atoms with Gasteiger partial charge in [0, 0.05) is 18.8 Å². The predicted molar refractivity (Wildman–Crippen MR) is 61.8 cm³/mol. The zero-order chi connectivity index (χ0) is 10.1. The highest BCUT2D eigenvalue weighted by Crippen LogP contribution is 2.31. The lowest BCUT2D eigenvalue weighted by atomic mass is 9.90. The standard InChI is InChI=1S/C13H19N/c1-10(2)12-9-8-11-6-4-5-7-13(11)14(12)3/h4-7,10,12H,8-9H2,1-3H3. The van der Waals surface area contributed by atoms with Gasteiger partial charge in [0.2, 0.25) is 0 Å². The minimum absolute atomic E-state index is 0.713. The van der Waals surface area contributed by atoms with Crippen LogP contribution in [0.1, 0.15) is 25.8 Å². The maximum Gasteiger partial charge on any atom is 0.0398 e. The van der Waals surface area contributed by atoms with Crippen molar-refractivity contribution in [2.45, 2.75) is 32.7 Å². The van der Waals surface area contributed by atoms with Gasteiger partial charge in [-0.2, -0.15) is 0 Å². The van der Waals surface area contributed by atoms with E-state index in [-0.39, 0.29) is 0 Å². The molecule has 1 heterocycles. The van der Waals surface area contributed by atoms with Gasteiger partial charge < -0.3 is 4.90 Å². The molecule has 0 bridgehead atoms. The molecule has 2 rings (SSSR count). The van der Waals surface area contributed by atoms with Crippen LogP contribution in [0.2, 0.25) is 0 Å². The molecule has 1 aromatic rings. The van der Waals surface area contributed by atoms with Crippen LogP contribution in [0.25, 0.3) is 0 Å². The molecule has 0 aromatic heterocycles. The Hall–Kier alpha value is -0.980. The minimum atomic E-state index is 0.713. The average molecular weight is 189 g/mol. The zero-order valence-electron chi connectivity index (χ0n) is 9.33. The van der Waals surface area contributed by atoms with E-state index in [0.717, 1.165) is 5.92 Å². The van der Waals surface area contributed by atoms with E-state index >= 15 is 0 Å². The molecule has 1 unspecified atom stereocenters. The van der Waals surface area contributed by atoms with Crippen molar-refractivity contribution in [3.05, 3.63) is 29.8 Å². The molecule has 0 aliphatic carbocycles. The van der Waals surface area contributed by atoms with E-state index in [4.69, 9.17) is 0 Å². The number of aryl methyl sites for hydroxylation is 1. The van der Waals surface area contributed by atoms with Gasteiger partial charge in [-0.1, -0.05) is 32.0 Å². The molecule has 1 nitrogen and oxygen atoms in total. The first kappa shape index (κ1) is 9.57. The number of hydrogen-bond acceptors (Lipinski definition) is 1. The highest BCUT2D eigenvalue weighted by atomic mass is 15.1. The molecule has 1 aliphatic rings. The summed E-state index contributed by atoms with van der Waals surface area (Å²) in [7, 11) is 2.22. The highest BCUT2D eigenvalue weighted by Gasteiger charge is 2.24.